The molecular formula is C12H16F3N3O3. The van der Waals surface area contributed by atoms with Crippen LogP contribution in [0.2, 0.25) is 0 Å². The largest absolute Gasteiger partial charge is 0.461 e. The lowest BCUT2D eigenvalue weighted by molar-refractivity contribution is -0.146. The Balaban J connectivity index is 2.35. The second-order valence-electron chi connectivity index (χ2n) is 5.09. The fraction of sp³-hybridized carbons (Fsp3) is 0.750. The van der Waals surface area contributed by atoms with Gasteiger partial charge in [0.2, 0.25) is 5.69 Å². The monoisotopic (exact) mass is 307 g/mol. The summed E-state index contributed by atoms with van der Waals surface area (Å²) in [4.78, 5) is 11.5. The van der Waals surface area contributed by atoms with Gasteiger partial charge in [-0.05, 0) is 19.8 Å². The van der Waals surface area contributed by atoms with Crippen molar-refractivity contribution < 1.29 is 27.8 Å². The van der Waals surface area contributed by atoms with Crippen molar-refractivity contribution >= 4 is 5.97 Å². The summed E-state index contributed by atoms with van der Waals surface area (Å²) >= 11 is 0. The molecule has 0 radical (unpaired) electrons. The highest BCUT2D eigenvalue weighted by atomic mass is 19.4. The van der Waals surface area contributed by atoms with Crippen LogP contribution in [0.15, 0.2) is 0 Å². The van der Waals surface area contributed by atoms with E-state index < -0.39 is 29.1 Å². The van der Waals surface area contributed by atoms with E-state index in [9.17, 15) is 23.1 Å². The fourth-order valence-corrected chi connectivity index (χ4v) is 2.51. The number of hydrogen-bond acceptors (Lipinski definition) is 5. The third-order valence-corrected chi connectivity index (χ3v) is 3.45. The van der Waals surface area contributed by atoms with Crippen LogP contribution in [-0.2, 0) is 17.5 Å². The second kappa shape index (κ2) is 5.63. The van der Waals surface area contributed by atoms with Crippen molar-refractivity contribution in [1.29, 1.82) is 0 Å². The Hall–Kier alpha value is -1.64. The summed E-state index contributed by atoms with van der Waals surface area (Å²) in [6.07, 6.45) is -2.51. The lowest BCUT2D eigenvalue weighted by Gasteiger charge is -2.23. The highest BCUT2D eigenvalue weighted by Gasteiger charge is 2.44. The van der Waals surface area contributed by atoms with Gasteiger partial charge in [-0.25, -0.2) is 9.48 Å². The van der Waals surface area contributed by atoms with Gasteiger partial charge in [0.25, 0.3) is 0 Å². The Morgan fingerprint density at radius 1 is 1.43 bits per heavy atom. The van der Waals surface area contributed by atoms with Crippen molar-refractivity contribution in [3.8, 4) is 0 Å². The van der Waals surface area contributed by atoms with Crippen LogP contribution in [0.1, 0.15) is 48.8 Å². The van der Waals surface area contributed by atoms with Gasteiger partial charge in [-0.15, -0.1) is 5.10 Å². The van der Waals surface area contributed by atoms with Crippen LogP contribution < -0.4 is 0 Å². The first-order valence-electron chi connectivity index (χ1n) is 6.67. The molecule has 0 bridgehead atoms. The minimum absolute atomic E-state index is 0.0626. The predicted octanol–water partition coefficient (Wildman–Crippen LogP) is 1.78. The van der Waals surface area contributed by atoms with E-state index in [-0.39, 0.29) is 13.2 Å². The van der Waals surface area contributed by atoms with Gasteiger partial charge in [0, 0.05) is 0 Å². The first-order chi connectivity index (χ1) is 9.77. The summed E-state index contributed by atoms with van der Waals surface area (Å²) in [5.41, 5.74) is -3.38. The van der Waals surface area contributed by atoms with Gasteiger partial charge in [0.05, 0.1) is 18.8 Å². The molecule has 1 aromatic heterocycles. The molecule has 0 saturated heterocycles. The molecular weight excluding hydrogens is 291 g/mol. The van der Waals surface area contributed by atoms with Crippen molar-refractivity contribution in [2.75, 3.05) is 6.61 Å². The number of nitrogens with zero attached hydrogens (tertiary/aromatic N) is 3. The third kappa shape index (κ3) is 3.34. The molecule has 1 aromatic rings. The minimum atomic E-state index is -4.81. The maximum atomic E-state index is 13.2. The molecule has 21 heavy (non-hydrogen) atoms. The number of halogens is 3. The van der Waals surface area contributed by atoms with Gasteiger partial charge in [0.15, 0.2) is 5.69 Å². The second-order valence-corrected chi connectivity index (χ2v) is 5.09. The van der Waals surface area contributed by atoms with E-state index in [1.807, 2.05) is 0 Å². The number of hydrogen-bond donors (Lipinski definition) is 1. The summed E-state index contributed by atoms with van der Waals surface area (Å²) in [6.45, 7) is 1.08. The number of carbonyl (C=O) groups excluding carboxylic acids is 1. The lowest BCUT2D eigenvalue weighted by Crippen LogP contribution is -2.33. The van der Waals surface area contributed by atoms with Crippen LogP contribution >= 0.6 is 0 Å². The number of alkyl halides is 3. The Bertz CT molecular complexity index is 522. The van der Waals surface area contributed by atoms with Gasteiger partial charge in [-0.1, -0.05) is 18.1 Å². The summed E-state index contributed by atoms with van der Waals surface area (Å²) < 4.78 is 44.6. The van der Waals surface area contributed by atoms with E-state index in [1.165, 1.54) is 6.92 Å². The molecule has 1 aliphatic rings. The standard InChI is InChI=1S/C12H16F3N3O3/c1-2-21-10(19)8-9(12(13,14)15)18(17-16-8)7-11(20)5-3-4-6-11/h20H,2-7H2,1H3. The van der Waals surface area contributed by atoms with Gasteiger partial charge in [0.1, 0.15) is 0 Å². The van der Waals surface area contributed by atoms with Crippen molar-refractivity contribution in [3.63, 3.8) is 0 Å². The normalized spacial score (nSPS) is 18.0. The molecule has 0 aliphatic heterocycles. The summed E-state index contributed by atoms with van der Waals surface area (Å²) in [7, 11) is 0. The van der Waals surface area contributed by atoms with Gasteiger partial charge in [-0.3, -0.25) is 0 Å². The van der Waals surface area contributed by atoms with E-state index in [1.54, 1.807) is 0 Å². The first-order valence-corrected chi connectivity index (χ1v) is 6.67. The van der Waals surface area contributed by atoms with E-state index in [0.29, 0.717) is 17.5 Å². The van der Waals surface area contributed by atoms with Crippen LogP contribution in [0.4, 0.5) is 13.2 Å². The van der Waals surface area contributed by atoms with Crippen LogP contribution in [0.5, 0.6) is 0 Å². The Kier molecular flexibility index (Phi) is 4.22. The van der Waals surface area contributed by atoms with Crippen LogP contribution in [-0.4, -0.2) is 38.3 Å². The number of rotatable bonds is 4. The molecule has 9 heteroatoms. The van der Waals surface area contributed by atoms with Gasteiger partial charge >= 0.3 is 12.1 Å². The van der Waals surface area contributed by atoms with Crippen LogP contribution in [0.25, 0.3) is 0 Å². The SMILES string of the molecule is CCOC(=O)c1nnn(CC2(O)CCCC2)c1C(F)(F)F. The van der Waals surface area contributed by atoms with E-state index in [2.05, 4.69) is 15.0 Å². The minimum Gasteiger partial charge on any atom is -0.461 e. The highest BCUT2D eigenvalue weighted by Crippen LogP contribution is 2.35. The Morgan fingerprint density at radius 3 is 2.57 bits per heavy atom. The molecule has 1 N–H and O–H groups in total. The number of carbonyl (C=O) groups is 1. The topological polar surface area (TPSA) is 77.2 Å². The summed E-state index contributed by atoms with van der Waals surface area (Å²) in [5.74, 6) is -1.17. The van der Waals surface area contributed by atoms with Crippen molar-refractivity contribution in [3.05, 3.63) is 11.4 Å². The number of aromatic nitrogens is 3. The van der Waals surface area contributed by atoms with Crippen molar-refractivity contribution in [2.24, 2.45) is 0 Å². The number of aliphatic hydroxyl groups is 1. The molecule has 0 atom stereocenters. The molecule has 1 aliphatic carbocycles. The zero-order valence-corrected chi connectivity index (χ0v) is 11.5. The highest BCUT2D eigenvalue weighted by molar-refractivity contribution is 5.88. The number of esters is 1. The number of ether oxygens (including phenoxy) is 1. The Labute approximate surface area is 118 Å². The quantitative estimate of drug-likeness (QED) is 0.858. The molecule has 1 heterocycles. The van der Waals surface area contributed by atoms with E-state index >= 15 is 0 Å². The predicted molar refractivity (Wildman–Crippen MR) is 64.4 cm³/mol. The first kappa shape index (κ1) is 15.7. The fourth-order valence-electron chi connectivity index (χ4n) is 2.51. The summed E-state index contributed by atoms with van der Waals surface area (Å²) in [6, 6.07) is 0. The molecule has 6 nitrogen and oxygen atoms in total. The molecule has 118 valence electrons. The average Bonchev–Trinajstić information content (AvgIpc) is 2.96. The van der Waals surface area contributed by atoms with E-state index in [0.717, 1.165) is 12.8 Å². The van der Waals surface area contributed by atoms with Gasteiger partial charge in [-0.2, -0.15) is 13.2 Å². The van der Waals surface area contributed by atoms with Crippen LogP contribution in [0.3, 0.4) is 0 Å². The summed E-state index contributed by atoms with van der Waals surface area (Å²) in [5, 5.41) is 16.9. The maximum Gasteiger partial charge on any atom is 0.435 e. The molecule has 1 saturated carbocycles. The van der Waals surface area contributed by atoms with Crippen LogP contribution in [0, 0.1) is 0 Å². The molecule has 0 amide bonds. The van der Waals surface area contributed by atoms with Gasteiger partial charge < -0.3 is 9.84 Å². The lowest BCUT2D eigenvalue weighted by atomic mass is 10.0. The molecule has 0 spiro atoms. The molecule has 0 unspecified atom stereocenters. The average molecular weight is 307 g/mol. The molecule has 2 rings (SSSR count). The van der Waals surface area contributed by atoms with Crippen molar-refractivity contribution in [2.45, 2.75) is 50.9 Å². The van der Waals surface area contributed by atoms with Crippen molar-refractivity contribution in [1.82, 2.24) is 15.0 Å². The molecule has 1 fully saturated rings. The van der Waals surface area contributed by atoms with E-state index in [4.69, 9.17) is 0 Å². The zero-order chi connectivity index (χ0) is 15.7. The zero-order valence-electron chi connectivity index (χ0n) is 11.5. The maximum absolute atomic E-state index is 13.2. The smallest absolute Gasteiger partial charge is 0.435 e. The third-order valence-electron chi connectivity index (χ3n) is 3.45. The Morgan fingerprint density at radius 2 is 2.05 bits per heavy atom. The molecule has 0 aromatic carbocycles.